The lowest BCUT2D eigenvalue weighted by atomic mass is 9.92. The van der Waals surface area contributed by atoms with Crippen LogP contribution in [0.5, 0.6) is 0 Å². The van der Waals surface area contributed by atoms with Crippen LogP contribution < -0.4 is 11.4 Å². The summed E-state index contributed by atoms with van der Waals surface area (Å²) in [6.45, 7) is 3.22. The summed E-state index contributed by atoms with van der Waals surface area (Å²) < 4.78 is 5.25. The number of amides is 1. The second-order valence-electron chi connectivity index (χ2n) is 6.00. The van der Waals surface area contributed by atoms with Crippen molar-refractivity contribution >= 4 is 16.9 Å². The lowest BCUT2D eigenvalue weighted by molar-refractivity contribution is 0.0657. The van der Waals surface area contributed by atoms with Crippen molar-refractivity contribution in [3.8, 4) is 0 Å². The molecule has 2 atom stereocenters. The fourth-order valence-electron chi connectivity index (χ4n) is 3.00. The number of hydrogen-bond donors (Lipinski definition) is 1. The van der Waals surface area contributed by atoms with Gasteiger partial charge in [-0.15, -0.1) is 0 Å². The Bertz CT molecular complexity index is 751. The predicted octanol–water partition coefficient (Wildman–Crippen LogP) is 1.99. The first-order chi connectivity index (χ1) is 10.6. The van der Waals surface area contributed by atoms with Gasteiger partial charge in [0.2, 0.25) is 0 Å². The number of piperidine rings is 1. The zero-order valence-electron chi connectivity index (χ0n) is 12.6. The van der Waals surface area contributed by atoms with Crippen LogP contribution >= 0.6 is 0 Å². The summed E-state index contributed by atoms with van der Waals surface area (Å²) in [5.41, 5.74) is 5.97. The van der Waals surface area contributed by atoms with Crippen LogP contribution in [0.2, 0.25) is 0 Å². The average molecular weight is 300 g/mol. The van der Waals surface area contributed by atoms with Crippen LogP contribution in [0.15, 0.2) is 39.5 Å². The molecule has 0 aliphatic carbocycles. The summed E-state index contributed by atoms with van der Waals surface area (Å²) in [6.07, 6.45) is 1.94. The van der Waals surface area contributed by atoms with Crippen LogP contribution in [0.4, 0.5) is 0 Å². The number of benzene rings is 1. The lowest BCUT2D eigenvalue weighted by Gasteiger charge is -2.34. The highest BCUT2D eigenvalue weighted by Crippen LogP contribution is 2.21. The molecule has 1 aliphatic heterocycles. The zero-order valence-corrected chi connectivity index (χ0v) is 12.6. The van der Waals surface area contributed by atoms with E-state index in [4.69, 9.17) is 10.2 Å². The molecule has 2 unspecified atom stereocenters. The van der Waals surface area contributed by atoms with E-state index in [1.165, 1.54) is 0 Å². The van der Waals surface area contributed by atoms with E-state index < -0.39 is 5.63 Å². The fraction of sp³-hybridized carbons (Fsp3) is 0.412. The van der Waals surface area contributed by atoms with E-state index in [1.54, 1.807) is 23.1 Å². The minimum Gasteiger partial charge on any atom is -0.422 e. The topological polar surface area (TPSA) is 76.5 Å². The molecule has 0 bridgehead atoms. The Morgan fingerprint density at radius 1 is 1.41 bits per heavy atom. The minimum atomic E-state index is -0.577. The monoisotopic (exact) mass is 300 g/mol. The number of carbonyl (C=O) groups is 1. The molecule has 5 heteroatoms. The van der Waals surface area contributed by atoms with Gasteiger partial charge in [-0.3, -0.25) is 4.79 Å². The van der Waals surface area contributed by atoms with E-state index in [0.29, 0.717) is 18.7 Å². The highest BCUT2D eigenvalue weighted by atomic mass is 16.4. The average Bonchev–Trinajstić information content (AvgIpc) is 2.53. The maximum Gasteiger partial charge on any atom is 0.349 e. The molecule has 0 radical (unpaired) electrons. The van der Waals surface area contributed by atoms with E-state index in [-0.39, 0.29) is 23.4 Å². The Balaban J connectivity index is 1.91. The molecule has 2 N–H and O–H groups in total. The maximum atomic E-state index is 12.7. The first-order valence-electron chi connectivity index (χ1n) is 7.64. The van der Waals surface area contributed by atoms with Crippen LogP contribution in [-0.4, -0.2) is 29.9 Å². The third-order valence-corrected chi connectivity index (χ3v) is 4.36. The van der Waals surface area contributed by atoms with E-state index >= 15 is 0 Å². The molecule has 1 amide bonds. The number of fused-ring (bicyclic) bond motifs is 1. The van der Waals surface area contributed by atoms with Gasteiger partial charge < -0.3 is 15.1 Å². The SMILES string of the molecule is CC(N)C1CCCN(C(=O)c2cc3ccccc3oc2=O)C1. The van der Waals surface area contributed by atoms with Crippen LogP contribution in [0.25, 0.3) is 11.0 Å². The summed E-state index contributed by atoms with van der Waals surface area (Å²) in [5, 5.41) is 0.756. The van der Waals surface area contributed by atoms with Crippen LogP contribution in [0, 0.1) is 5.92 Å². The Labute approximate surface area is 128 Å². The molecular weight excluding hydrogens is 280 g/mol. The minimum absolute atomic E-state index is 0.0450. The third-order valence-electron chi connectivity index (χ3n) is 4.36. The Hall–Kier alpha value is -2.14. The van der Waals surface area contributed by atoms with Crippen molar-refractivity contribution in [2.45, 2.75) is 25.8 Å². The number of nitrogens with zero attached hydrogens (tertiary/aromatic N) is 1. The van der Waals surface area contributed by atoms with Gasteiger partial charge in [0.1, 0.15) is 11.1 Å². The molecule has 116 valence electrons. The van der Waals surface area contributed by atoms with E-state index in [1.807, 2.05) is 19.1 Å². The van der Waals surface area contributed by atoms with Gasteiger partial charge in [-0.25, -0.2) is 4.79 Å². The molecule has 0 spiro atoms. The molecular formula is C17H20N2O3. The van der Waals surface area contributed by atoms with E-state index in [2.05, 4.69) is 0 Å². The first kappa shape index (κ1) is 14.8. The summed E-state index contributed by atoms with van der Waals surface area (Å²) in [6, 6.07) is 8.87. The largest absolute Gasteiger partial charge is 0.422 e. The molecule has 1 aromatic carbocycles. The summed E-state index contributed by atoms with van der Waals surface area (Å²) in [7, 11) is 0. The number of carbonyl (C=O) groups excluding carboxylic acids is 1. The Morgan fingerprint density at radius 3 is 2.95 bits per heavy atom. The van der Waals surface area contributed by atoms with Gasteiger partial charge in [0.25, 0.3) is 5.91 Å². The highest BCUT2D eigenvalue weighted by molar-refractivity contribution is 5.96. The van der Waals surface area contributed by atoms with Crippen molar-refractivity contribution in [1.29, 1.82) is 0 Å². The van der Waals surface area contributed by atoms with Crippen LogP contribution in [0.3, 0.4) is 0 Å². The number of likely N-dealkylation sites (tertiary alicyclic amines) is 1. The summed E-state index contributed by atoms with van der Waals surface area (Å²) in [5.74, 6) is 0.0232. The second kappa shape index (κ2) is 5.93. The van der Waals surface area contributed by atoms with Gasteiger partial charge in [0.15, 0.2) is 0 Å². The molecule has 2 heterocycles. The van der Waals surface area contributed by atoms with Gasteiger partial charge in [-0.1, -0.05) is 18.2 Å². The third kappa shape index (κ3) is 2.76. The number of para-hydroxylation sites is 1. The molecule has 22 heavy (non-hydrogen) atoms. The smallest absolute Gasteiger partial charge is 0.349 e. The maximum absolute atomic E-state index is 12.7. The molecule has 1 aromatic heterocycles. The zero-order chi connectivity index (χ0) is 15.7. The van der Waals surface area contributed by atoms with Crippen molar-refractivity contribution in [1.82, 2.24) is 4.90 Å². The van der Waals surface area contributed by atoms with Crippen molar-refractivity contribution in [2.75, 3.05) is 13.1 Å². The Kier molecular flexibility index (Phi) is 3.98. The van der Waals surface area contributed by atoms with Gasteiger partial charge in [-0.05, 0) is 37.8 Å². The van der Waals surface area contributed by atoms with E-state index in [9.17, 15) is 9.59 Å². The molecule has 1 fully saturated rings. The van der Waals surface area contributed by atoms with Gasteiger partial charge >= 0.3 is 5.63 Å². The number of rotatable bonds is 2. The Morgan fingerprint density at radius 2 is 2.18 bits per heavy atom. The number of nitrogens with two attached hydrogens (primary N) is 1. The van der Waals surface area contributed by atoms with Crippen molar-refractivity contribution in [3.63, 3.8) is 0 Å². The number of hydrogen-bond acceptors (Lipinski definition) is 4. The van der Waals surface area contributed by atoms with Crippen molar-refractivity contribution < 1.29 is 9.21 Å². The van der Waals surface area contributed by atoms with E-state index in [0.717, 1.165) is 18.2 Å². The quantitative estimate of drug-likeness (QED) is 0.861. The van der Waals surface area contributed by atoms with Crippen LogP contribution in [-0.2, 0) is 0 Å². The highest BCUT2D eigenvalue weighted by Gasteiger charge is 2.28. The lowest BCUT2D eigenvalue weighted by Crippen LogP contribution is -2.45. The van der Waals surface area contributed by atoms with Crippen molar-refractivity contribution in [2.24, 2.45) is 11.7 Å². The fourth-order valence-corrected chi connectivity index (χ4v) is 3.00. The molecule has 3 rings (SSSR count). The van der Waals surface area contributed by atoms with Gasteiger partial charge in [0.05, 0.1) is 0 Å². The predicted molar refractivity (Wildman–Crippen MR) is 84.8 cm³/mol. The molecule has 0 saturated carbocycles. The van der Waals surface area contributed by atoms with Gasteiger partial charge in [0, 0.05) is 24.5 Å². The molecule has 1 saturated heterocycles. The first-order valence-corrected chi connectivity index (χ1v) is 7.64. The second-order valence-corrected chi connectivity index (χ2v) is 6.00. The standard InChI is InChI=1S/C17H20N2O3/c1-11(18)13-6-4-8-19(10-13)16(20)14-9-12-5-2-3-7-15(12)22-17(14)21/h2-3,5,7,9,11,13H,4,6,8,10,18H2,1H3. The normalized spacial score (nSPS) is 20.1. The molecule has 2 aromatic rings. The van der Waals surface area contributed by atoms with Crippen LogP contribution in [0.1, 0.15) is 30.1 Å². The molecule has 5 nitrogen and oxygen atoms in total. The van der Waals surface area contributed by atoms with Gasteiger partial charge in [-0.2, -0.15) is 0 Å². The van der Waals surface area contributed by atoms with Crippen molar-refractivity contribution in [3.05, 3.63) is 46.3 Å². The summed E-state index contributed by atoms with van der Waals surface area (Å²) >= 11 is 0. The molecule has 1 aliphatic rings. The summed E-state index contributed by atoms with van der Waals surface area (Å²) in [4.78, 5) is 26.5.